The topological polar surface area (TPSA) is 69.2 Å². The van der Waals surface area contributed by atoms with Gasteiger partial charge >= 0.3 is 5.97 Å². The van der Waals surface area contributed by atoms with Crippen molar-refractivity contribution in [2.75, 3.05) is 18.0 Å². The van der Waals surface area contributed by atoms with Crippen LogP contribution in [0.4, 0.5) is 5.95 Å². The predicted octanol–water partition coefficient (Wildman–Crippen LogP) is 2.74. The van der Waals surface area contributed by atoms with Gasteiger partial charge in [-0.25, -0.2) is 4.98 Å². The van der Waals surface area contributed by atoms with Crippen molar-refractivity contribution < 1.29 is 9.90 Å². The fourth-order valence-corrected chi connectivity index (χ4v) is 3.75. The van der Waals surface area contributed by atoms with E-state index in [1.54, 1.807) is 0 Å². The molecule has 1 aliphatic carbocycles. The molecule has 4 rings (SSSR count). The van der Waals surface area contributed by atoms with Crippen LogP contribution in [0.25, 0.3) is 11.0 Å². The average Bonchev–Trinajstić information content (AvgIpc) is 2.95. The number of aryl methyl sites for hydroxylation is 2. The molecule has 2 N–H and O–H groups in total. The molecule has 2 aliphatic rings. The van der Waals surface area contributed by atoms with Crippen molar-refractivity contribution in [2.45, 2.75) is 38.5 Å². The fraction of sp³-hybridized carbons (Fsp3) is 0.529. The average molecular weight is 299 g/mol. The minimum absolute atomic E-state index is 0.282. The van der Waals surface area contributed by atoms with Crippen LogP contribution in [0.1, 0.15) is 36.8 Å². The zero-order chi connectivity index (χ0) is 15.1. The van der Waals surface area contributed by atoms with Crippen LogP contribution >= 0.6 is 0 Å². The highest BCUT2D eigenvalue weighted by Crippen LogP contribution is 2.28. The number of aliphatic carboxylic acids is 1. The molecule has 1 saturated heterocycles. The lowest BCUT2D eigenvalue weighted by Crippen LogP contribution is -2.39. The Hall–Kier alpha value is -2.04. The highest BCUT2D eigenvalue weighted by Gasteiger charge is 2.27. The van der Waals surface area contributed by atoms with E-state index >= 15 is 0 Å². The van der Waals surface area contributed by atoms with Gasteiger partial charge in [0.2, 0.25) is 5.95 Å². The van der Waals surface area contributed by atoms with Gasteiger partial charge in [0, 0.05) is 13.1 Å². The number of benzene rings is 1. The number of H-pyrrole nitrogens is 1. The summed E-state index contributed by atoms with van der Waals surface area (Å²) in [5, 5.41) is 9.23. The Labute approximate surface area is 129 Å². The van der Waals surface area contributed by atoms with E-state index in [1.807, 2.05) is 0 Å². The lowest BCUT2D eigenvalue weighted by molar-refractivity contribution is -0.141. The second-order valence-corrected chi connectivity index (χ2v) is 6.53. The molecule has 0 spiro atoms. The zero-order valence-electron chi connectivity index (χ0n) is 12.6. The molecule has 1 unspecified atom stereocenters. The number of fused-ring (bicyclic) bond motifs is 2. The molecular weight excluding hydrogens is 278 g/mol. The summed E-state index contributed by atoms with van der Waals surface area (Å²) in [5.41, 5.74) is 4.95. The van der Waals surface area contributed by atoms with E-state index in [4.69, 9.17) is 4.98 Å². The molecule has 0 radical (unpaired) electrons. The first-order valence-corrected chi connectivity index (χ1v) is 8.20. The molecule has 1 aromatic carbocycles. The van der Waals surface area contributed by atoms with Gasteiger partial charge in [-0.05, 0) is 61.8 Å². The third-order valence-corrected chi connectivity index (χ3v) is 5.00. The summed E-state index contributed by atoms with van der Waals surface area (Å²) in [5.74, 6) is -0.158. The maximum absolute atomic E-state index is 11.2. The van der Waals surface area contributed by atoms with Crippen molar-refractivity contribution in [1.29, 1.82) is 0 Å². The Bertz CT molecular complexity index is 679. The number of carboxylic acids is 1. The van der Waals surface area contributed by atoms with Crippen molar-refractivity contribution in [3.63, 3.8) is 0 Å². The monoisotopic (exact) mass is 299 g/mol. The Morgan fingerprint density at radius 3 is 2.77 bits per heavy atom. The molecule has 116 valence electrons. The van der Waals surface area contributed by atoms with Gasteiger partial charge in [-0.1, -0.05) is 0 Å². The summed E-state index contributed by atoms with van der Waals surface area (Å²) in [7, 11) is 0. The highest BCUT2D eigenvalue weighted by molar-refractivity contribution is 5.80. The fourth-order valence-electron chi connectivity index (χ4n) is 3.75. The van der Waals surface area contributed by atoms with Crippen LogP contribution in [-0.4, -0.2) is 34.1 Å². The third kappa shape index (κ3) is 2.34. The molecule has 5 nitrogen and oxygen atoms in total. The number of nitrogens with zero attached hydrogens (tertiary/aromatic N) is 2. The van der Waals surface area contributed by atoms with Crippen LogP contribution < -0.4 is 4.90 Å². The quantitative estimate of drug-likeness (QED) is 0.894. The standard InChI is InChI=1S/C17H21N3O2/c21-16(22)13-6-3-7-20(10-13)17-18-14-8-11-4-1-2-5-12(11)9-15(14)19-17/h8-9,13H,1-7,10H2,(H,18,19)(H,21,22). The number of aromatic amines is 1. The van der Waals surface area contributed by atoms with Gasteiger partial charge in [0.05, 0.1) is 17.0 Å². The first-order chi connectivity index (χ1) is 10.7. The maximum atomic E-state index is 11.2. The lowest BCUT2D eigenvalue weighted by Gasteiger charge is -2.30. The summed E-state index contributed by atoms with van der Waals surface area (Å²) in [4.78, 5) is 21.4. The Morgan fingerprint density at radius 1 is 1.23 bits per heavy atom. The van der Waals surface area contributed by atoms with E-state index in [-0.39, 0.29) is 5.92 Å². The summed E-state index contributed by atoms with van der Waals surface area (Å²) in [6.45, 7) is 1.43. The Morgan fingerprint density at radius 2 is 2.00 bits per heavy atom. The smallest absolute Gasteiger partial charge is 0.308 e. The largest absolute Gasteiger partial charge is 0.481 e. The van der Waals surface area contributed by atoms with Crippen molar-refractivity contribution >= 4 is 23.0 Å². The minimum Gasteiger partial charge on any atom is -0.481 e. The van der Waals surface area contributed by atoms with Gasteiger partial charge in [-0.2, -0.15) is 0 Å². The summed E-state index contributed by atoms with van der Waals surface area (Å²) < 4.78 is 0. The number of imidazole rings is 1. The number of piperidine rings is 1. The van der Waals surface area contributed by atoms with Crippen molar-refractivity contribution in [3.05, 3.63) is 23.3 Å². The Balaban J connectivity index is 1.66. The number of nitrogens with one attached hydrogen (secondary N) is 1. The minimum atomic E-state index is -0.698. The molecule has 0 saturated carbocycles. The van der Waals surface area contributed by atoms with E-state index in [0.717, 1.165) is 49.2 Å². The van der Waals surface area contributed by atoms with E-state index in [1.165, 1.54) is 24.0 Å². The van der Waals surface area contributed by atoms with Gasteiger partial charge < -0.3 is 15.0 Å². The first kappa shape index (κ1) is 13.6. The number of anilines is 1. The summed E-state index contributed by atoms with van der Waals surface area (Å²) in [6, 6.07) is 4.45. The molecule has 1 atom stereocenters. The van der Waals surface area contributed by atoms with Crippen LogP contribution in [0.2, 0.25) is 0 Å². The van der Waals surface area contributed by atoms with Gasteiger partial charge in [0.1, 0.15) is 0 Å². The molecule has 2 aromatic rings. The van der Waals surface area contributed by atoms with E-state index in [9.17, 15) is 9.90 Å². The van der Waals surface area contributed by atoms with E-state index in [0.29, 0.717) is 6.54 Å². The molecule has 2 heterocycles. The van der Waals surface area contributed by atoms with Crippen molar-refractivity contribution in [3.8, 4) is 0 Å². The van der Waals surface area contributed by atoms with E-state index < -0.39 is 5.97 Å². The SMILES string of the molecule is O=C(O)C1CCCN(c2nc3cc4c(cc3[nH]2)CCCC4)C1. The van der Waals surface area contributed by atoms with Crippen LogP contribution in [0.3, 0.4) is 0 Å². The molecule has 0 bridgehead atoms. The summed E-state index contributed by atoms with van der Waals surface area (Å²) in [6.07, 6.45) is 6.52. The van der Waals surface area contributed by atoms with Gasteiger partial charge in [-0.15, -0.1) is 0 Å². The second-order valence-electron chi connectivity index (χ2n) is 6.53. The molecular formula is C17H21N3O2. The highest BCUT2D eigenvalue weighted by atomic mass is 16.4. The molecule has 1 fully saturated rings. The van der Waals surface area contributed by atoms with Crippen LogP contribution in [-0.2, 0) is 17.6 Å². The van der Waals surface area contributed by atoms with Gasteiger partial charge in [-0.3, -0.25) is 4.79 Å². The number of rotatable bonds is 2. The maximum Gasteiger partial charge on any atom is 0.308 e. The molecule has 0 amide bonds. The molecule has 5 heteroatoms. The Kier molecular flexibility index (Phi) is 3.28. The number of carbonyl (C=O) groups is 1. The second kappa shape index (κ2) is 5.30. The predicted molar refractivity (Wildman–Crippen MR) is 85.3 cm³/mol. The molecule has 1 aromatic heterocycles. The van der Waals surface area contributed by atoms with Crippen molar-refractivity contribution in [2.24, 2.45) is 5.92 Å². The lowest BCUT2D eigenvalue weighted by atomic mass is 9.91. The number of carboxylic acid groups (broad SMARTS) is 1. The van der Waals surface area contributed by atoms with Crippen LogP contribution in [0, 0.1) is 5.92 Å². The molecule has 1 aliphatic heterocycles. The zero-order valence-corrected chi connectivity index (χ0v) is 12.6. The van der Waals surface area contributed by atoms with E-state index in [2.05, 4.69) is 22.0 Å². The summed E-state index contributed by atoms with van der Waals surface area (Å²) >= 11 is 0. The van der Waals surface area contributed by atoms with Crippen molar-refractivity contribution in [1.82, 2.24) is 9.97 Å². The third-order valence-electron chi connectivity index (χ3n) is 5.00. The van der Waals surface area contributed by atoms with Crippen LogP contribution in [0.5, 0.6) is 0 Å². The normalized spacial score (nSPS) is 21.8. The van der Waals surface area contributed by atoms with Gasteiger partial charge in [0.25, 0.3) is 0 Å². The number of hydrogen-bond donors (Lipinski definition) is 2. The number of aromatic nitrogens is 2. The number of hydrogen-bond acceptors (Lipinski definition) is 3. The van der Waals surface area contributed by atoms with Gasteiger partial charge in [0.15, 0.2) is 0 Å². The first-order valence-electron chi connectivity index (χ1n) is 8.20. The van der Waals surface area contributed by atoms with Crippen LogP contribution in [0.15, 0.2) is 12.1 Å². The molecule has 22 heavy (non-hydrogen) atoms.